The second kappa shape index (κ2) is 5.80. The van der Waals surface area contributed by atoms with Crippen LogP contribution in [0.25, 0.3) is 0 Å². The molecule has 1 rings (SSSR count). The summed E-state index contributed by atoms with van der Waals surface area (Å²) in [5, 5.41) is 3.28. The summed E-state index contributed by atoms with van der Waals surface area (Å²) in [7, 11) is -3.12. The summed E-state index contributed by atoms with van der Waals surface area (Å²) in [6, 6.07) is 3.73. The number of rotatable bonds is 6. The fraction of sp³-hybridized carbons (Fsp3) is 0.615. The summed E-state index contributed by atoms with van der Waals surface area (Å²) >= 11 is 0. The van der Waals surface area contributed by atoms with Crippen LogP contribution in [0.3, 0.4) is 0 Å². The molecular weight excluding hydrogens is 248 g/mol. The average Bonchev–Trinajstić information content (AvgIpc) is 2.28. The summed E-state index contributed by atoms with van der Waals surface area (Å²) in [4.78, 5) is 3.97. The number of hydrogen-bond acceptors (Lipinski definition) is 4. The van der Waals surface area contributed by atoms with Crippen molar-refractivity contribution in [3.05, 3.63) is 30.1 Å². The van der Waals surface area contributed by atoms with E-state index in [1.165, 1.54) is 6.26 Å². The molecule has 0 aliphatic carbocycles. The summed E-state index contributed by atoms with van der Waals surface area (Å²) in [6.07, 6.45) is 5.43. The second-order valence-corrected chi connectivity index (χ2v) is 7.64. The SMILES string of the molecule is CCNC(Cc1ccncc1)C(C)(C)S(C)(=O)=O. The molecule has 0 aliphatic heterocycles. The topological polar surface area (TPSA) is 59.1 Å². The van der Waals surface area contributed by atoms with Gasteiger partial charge in [-0.25, -0.2) is 8.42 Å². The van der Waals surface area contributed by atoms with Gasteiger partial charge in [-0.3, -0.25) is 4.98 Å². The van der Waals surface area contributed by atoms with E-state index in [1.807, 2.05) is 19.1 Å². The Labute approximate surface area is 110 Å². The smallest absolute Gasteiger partial charge is 0.154 e. The number of likely N-dealkylation sites (N-methyl/N-ethyl adjacent to an activating group) is 1. The molecule has 4 nitrogen and oxygen atoms in total. The minimum Gasteiger partial charge on any atom is -0.312 e. The molecule has 0 radical (unpaired) electrons. The summed E-state index contributed by atoms with van der Waals surface area (Å²) in [5.74, 6) is 0. The van der Waals surface area contributed by atoms with Crippen LogP contribution in [0.1, 0.15) is 26.3 Å². The maximum Gasteiger partial charge on any atom is 0.154 e. The van der Waals surface area contributed by atoms with E-state index in [0.29, 0.717) is 6.42 Å². The first-order chi connectivity index (χ1) is 8.29. The van der Waals surface area contributed by atoms with Crippen LogP contribution in [0.2, 0.25) is 0 Å². The van der Waals surface area contributed by atoms with E-state index < -0.39 is 14.6 Å². The zero-order valence-electron chi connectivity index (χ0n) is 11.5. The maximum atomic E-state index is 11.9. The predicted molar refractivity (Wildman–Crippen MR) is 74.3 cm³/mol. The van der Waals surface area contributed by atoms with Gasteiger partial charge >= 0.3 is 0 Å². The van der Waals surface area contributed by atoms with Gasteiger partial charge in [0.05, 0.1) is 4.75 Å². The van der Waals surface area contributed by atoms with Gasteiger partial charge in [0, 0.05) is 24.7 Å². The Bertz CT molecular complexity index is 469. The lowest BCUT2D eigenvalue weighted by Gasteiger charge is -2.33. The summed E-state index contributed by atoms with van der Waals surface area (Å²) in [5.41, 5.74) is 1.09. The van der Waals surface area contributed by atoms with Crippen molar-refractivity contribution < 1.29 is 8.42 Å². The molecule has 0 fully saturated rings. The third kappa shape index (κ3) is 3.53. The molecular formula is C13H22N2O2S. The zero-order valence-corrected chi connectivity index (χ0v) is 12.3. The molecule has 102 valence electrons. The lowest BCUT2D eigenvalue weighted by atomic mass is 9.96. The summed E-state index contributed by atoms with van der Waals surface area (Å²) < 4.78 is 23.0. The fourth-order valence-electron chi connectivity index (χ4n) is 1.82. The highest BCUT2D eigenvalue weighted by molar-refractivity contribution is 7.92. The Kier molecular flexibility index (Phi) is 4.87. The molecule has 1 aromatic rings. The van der Waals surface area contributed by atoms with Crippen molar-refractivity contribution in [3.8, 4) is 0 Å². The first-order valence-electron chi connectivity index (χ1n) is 6.11. The molecule has 1 aromatic heterocycles. The Morgan fingerprint density at radius 1 is 1.33 bits per heavy atom. The molecule has 1 N–H and O–H groups in total. The van der Waals surface area contributed by atoms with E-state index in [1.54, 1.807) is 26.2 Å². The van der Waals surface area contributed by atoms with E-state index in [4.69, 9.17) is 0 Å². The van der Waals surface area contributed by atoms with Crippen LogP contribution in [0.15, 0.2) is 24.5 Å². The molecule has 5 heteroatoms. The number of pyridine rings is 1. The third-order valence-corrected chi connectivity index (χ3v) is 5.63. The third-order valence-electron chi connectivity index (χ3n) is 3.43. The van der Waals surface area contributed by atoms with Gasteiger partial charge in [-0.05, 0) is 44.5 Å². The molecule has 1 unspecified atom stereocenters. The monoisotopic (exact) mass is 270 g/mol. The van der Waals surface area contributed by atoms with Crippen LogP contribution in [-0.2, 0) is 16.3 Å². The Balaban J connectivity index is 2.97. The number of nitrogens with one attached hydrogen (secondary N) is 1. The molecule has 0 aliphatic rings. The molecule has 18 heavy (non-hydrogen) atoms. The van der Waals surface area contributed by atoms with Gasteiger partial charge in [0.2, 0.25) is 0 Å². The highest BCUT2D eigenvalue weighted by Crippen LogP contribution is 2.23. The molecule has 0 amide bonds. The molecule has 0 spiro atoms. The van der Waals surface area contributed by atoms with Crippen LogP contribution in [-0.4, -0.2) is 37.0 Å². The van der Waals surface area contributed by atoms with Gasteiger partial charge in [-0.2, -0.15) is 0 Å². The molecule has 1 atom stereocenters. The zero-order chi connectivity index (χ0) is 13.8. The highest BCUT2D eigenvalue weighted by atomic mass is 32.2. The van der Waals surface area contributed by atoms with Gasteiger partial charge < -0.3 is 5.32 Å². The van der Waals surface area contributed by atoms with Crippen molar-refractivity contribution in [1.82, 2.24) is 10.3 Å². The van der Waals surface area contributed by atoms with Crippen LogP contribution in [0, 0.1) is 0 Å². The molecule has 1 heterocycles. The van der Waals surface area contributed by atoms with Gasteiger partial charge in [0.15, 0.2) is 9.84 Å². The largest absolute Gasteiger partial charge is 0.312 e. The molecule has 0 bridgehead atoms. The van der Waals surface area contributed by atoms with Crippen LogP contribution in [0.4, 0.5) is 0 Å². The van der Waals surface area contributed by atoms with Crippen LogP contribution in [0.5, 0.6) is 0 Å². The van der Waals surface area contributed by atoms with Gasteiger partial charge in [0.25, 0.3) is 0 Å². The number of hydrogen-bond donors (Lipinski definition) is 1. The normalized spacial score (nSPS) is 14.4. The van der Waals surface area contributed by atoms with E-state index >= 15 is 0 Å². The number of aromatic nitrogens is 1. The average molecular weight is 270 g/mol. The van der Waals surface area contributed by atoms with E-state index in [9.17, 15) is 8.42 Å². The van der Waals surface area contributed by atoms with Crippen molar-refractivity contribution in [3.63, 3.8) is 0 Å². The van der Waals surface area contributed by atoms with Gasteiger partial charge in [0.1, 0.15) is 0 Å². The van der Waals surface area contributed by atoms with Crippen LogP contribution >= 0.6 is 0 Å². The van der Waals surface area contributed by atoms with E-state index in [0.717, 1.165) is 12.1 Å². The second-order valence-electron chi connectivity index (χ2n) is 5.05. The lowest BCUT2D eigenvalue weighted by molar-refractivity contribution is 0.413. The Hall–Kier alpha value is -0.940. The van der Waals surface area contributed by atoms with Crippen molar-refractivity contribution in [2.45, 2.75) is 38.0 Å². The lowest BCUT2D eigenvalue weighted by Crippen LogP contribution is -2.52. The van der Waals surface area contributed by atoms with Crippen molar-refractivity contribution in [2.24, 2.45) is 0 Å². The maximum absolute atomic E-state index is 11.9. The van der Waals surface area contributed by atoms with Gasteiger partial charge in [-0.15, -0.1) is 0 Å². The predicted octanol–water partition coefficient (Wildman–Crippen LogP) is 1.43. The number of nitrogens with zero attached hydrogens (tertiary/aromatic N) is 1. The van der Waals surface area contributed by atoms with Crippen molar-refractivity contribution in [2.75, 3.05) is 12.8 Å². The first-order valence-corrected chi connectivity index (χ1v) is 8.00. The van der Waals surface area contributed by atoms with Crippen molar-refractivity contribution in [1.29, 1.82) is 0 Å². The quantitative estimate of drug-likeness (QED) is 0.849. The fourth-order valence-corrected chi connectivity index (χ4v) is 2.51. The molecule has 0 aromatic carbocycles. The molecule has 0 saturated carbocycles. The first kappa shape index (κ1) is 15.1. The molecule has 0 saturated heterocycles. The summed E-state index contributed by atoms with van der Waals surface area (Å²) in [6.45, 7) is 6.28. The van der Waals surface area contributed by atoms with E-state index in [2.05, 4.69) is 10.3 Å². The number of sulfone groups is 1. The standard InChI is InChI=1S/C13H22N2O2S/c1-5-15-12(13(2,3)18(4,16)17)10-11-6-8-14-9-7-11/h6-9,12,15H,5,10H2,1-4H3. The Morgan fingerprint density at radius 3 is 2.33 bits per heavy atom. The van der Waals surface area contributed by atoms with Gasteiger partial charge in [-0.1, -0.05) is 6.92 Å². The highest BCUT2D eigenvalue weighted by Gasteiger charge is 2.38. The minimum atomic E-state index is -3.12. The van der Waals surface area contributed by atoms with Crippen LogP contribution < -0.4 is 5.32 Å². The Morgan fingerprint density at radius 2 is 1.89 bits per heavy atom. The minimum absolute atomic E-state index is 0.111. The van der Waals surface area contributed by atoms with E-state index in [-0.39, 0.29) is 6.04 Å². The van der Waals surface area contributed by atoms with Crippen molar-refractivity contribution >= 4 is 9.84 Å².